The van der Waals surface area contributed by atoms with Gasteiger partial charge in [0.1, 0.15) is 12.7 Å². The summed E-state index contributed by atoms with van der Waals surface area (Å²) in [4.78, 5) is 10.3. The van der Waals surface area contributed by atoms with E-state index in [1.54, 1.807) is 0 Å². The Balaban J connectivity index is 2.96. The van der Waals surface area contributed by atoms with Crippen molar-refractivity contribution in [2.45, 2.75) is 6.04 Å². The molecule has 1 aliphatic heterocycles. The molecule has 1 heterocycles. The van der Waals surface area contributed by atoms with Crippen LogP contribution in [0.5, 0.6) is 0 Å². The van der Waals surface area contributed by atoms with Crippen molar-refractivity contribution in [3.8, 4) is 0 Å². The number of rotatable bonds is 1. The molecular weight excluding hydrogens is 193 g/mol. The fourth-order valence-electron chi connectivity index (χ4n) is 0.831. The van der Waals surface area contributed by atoms with Crippen molar-refractivity contribution in [3.05, 3.63) is 0 Å². The normalized spacial score (nSPS) is 27.4. The lowest BCUT2D eigenvalue weighted by Gasteiger charge is -2.13. The van der Waals surface area contributed by atoms with Gasteiger partial charge in [-0.05, 0) is 0 Å². The Morgan fingerprint density at radius 3 is 2.67 bits per heavy atom. The first kappa shape index (κ1) is 9.20. The molecule has 1 amide bonds. The highest BCUT2D eigenvalue weighted by atomic mass is 32.2. The lowest BCUT2D eigenvalue weighted by molar-refractivity contribution is 0.158. The zero-order chi connectivity index (χ0) is 9.35. The second-order valence-corrected chi connectivity index (χ2v) is 3.61. The summed E-state index contributed by atoms with van der Waals surface area (Å²) in [5, 5.41) is 8.35. The van der Waals surface area contributed by atoms with E-state index in [1.165, 1.54) is 0 Å². The van der Waals surface area contributed by atoms with Crippen molar-refractivity contribution < 1.29 is 26.9 Å². The molecule has 12 heavy (non-hydrogen) atoms. The molecular formula is C4H6FNO5S. The van der Waals surface area contributed by atoms with Crippen LogP contribution in [0.3, 0.4) is 0 Å². The van der Waals surface area contributed by atoms with Crippen LogP contribution in [0.1, 0.15) is 0 Å². The predicted octanol–water partition coefficient (Wildman–Crippen LogP) is -0.420. The molecule has 0 aliphatic carbocycles. The maximum Gasteiger partial charge on any atom is 0.423 e. The summed E-state index contributed by atoms with van der Waals surface area (Å²) < 4.78 is 37.5. The maximum atomic E-state index is 12.0. The Morgan fingerprint density at radius 1 is 1.75 bits per heavy atom. The van der Waals surface area contributed by atoms with E-state index in [0.717, 1.165) is 0 Å². The van der Waals surface area contributed by atoms with E-state index in [0.29, 0.717) is 0 Å². The Bertz CT molecular complexity index is 288. The summed E-state index contributed by atoms with van der Waals surface area (Å²) in [6, 6.07) is -1.24. The molecule has 0 aromatic rings. The van der Waals surface area contributed by atoms with Crippen molar-refractivity contribution >= 4 is 16.4 Å². The largest absolute Gasteiger partial charge is 0.464 e. The minimum atomic E-state index is -4.25. The highest BCUT2D eigenvalue weighted by Crippen LogP contribution is 2.18. The second kappa shape index (κ2) is 2.87. The summed E-state index contributed by atoms with van der Waals surface area (Å²) in [5.41, 5.74) is 0. The molecule has 0 spiro atoms. The Kier molecular flexibility index (Phi) is 2.20. The fourth-order valence-corrected chi connectivity index (χ4v) is 1.95. The smallest absolute Gasteiger partial charge is 0.423 e. The average molecular weight is 199 g/mol. The fraction of sp³-hybridized carbons (Fsp3) is 0.750. The molecule has 0 radical (unpaired) electrons. The molecule has 8 heteroatoms. The standard InChI is InChI=1S/C4H6FNO5S/c5-1-3-2-11-12(9,10)6(3)4(7)8/h3H,1-2H2,(H,7,8)/t3-/m1/s1. The summed E-state index contributed by atoms with van der Waals surface area (Å²) in [6.07, 6.45) is -1.73. The number of halogens is 1. The molecule has 0 aromatic heterocycles. The maximum absolute atomic E-state index is 12.0. The highest BCUT2D eigenvalue weighted by molar-refractivity contribution is 7.85. The summed E-state index contributed by atoms with van der Waals surface area (Å²) in [7, 11) is -4.25. The molecule has 0 bridgehead atoms. The monoisotopic (exact) mass is 199 g/mol. The molecule has 0 unspecified atom stereocenters. The number of alkyl halides is 1. The third kappa shape index (κ3) is 1.34. The number of hydrogen-bond acceptors (Lipinski definition) is 4. The first-order chi connectivity index (χ1) is 5.49. The van der Waals surface area contributed by atoms with Crippen molar-refractivity contribution in [1.29, 1.82) is 0 Å². The molecule has 6 nitrogen and oxygen atoms in total. The van der Waals surface area contributed by atoms with Crippen LogP contribution < -0.4 is 0 Å². The minimum absolute atomic E-state index is 0.0208. The topological polar surface area (TPSA) is 83.9 Å². The number of nitrogens with zero attached hydrogens (tertiary/aromatic N) is 1. The minimum Gasteiger partial charge on any atom is -0.464 e. The van der Waals surface area contributed by atoms with Gasteiger partial charge in [0, 0.05) is 0 Å². The van der Waals surface area contributed by atoms with Crippen LogP contribution in [0, 0.1) is 0 Å². The van der Waals surface area contributed by atoms with Crippen molar-refractivity contribution in [3.63, 3.8) is 0 Å². The van der Waals surface area contributed by atoms with Gasteiger partial charge in [-0.25, -0.2) is 9.18 Å². The highest BCUT2D eigenvalue weighted by Gasteiger charge is 2.42. The van der Waals surface area contributed by atoms with Gasteiger partial charge in [0.25, 0.3) is 0 Å². The van der Waals surface area contributed by atoms with Crippen LogP contribution in [0.2, 0.25) is 0 Å². The average Bonchev–Trinajstić information content (AvgIpc) is 2.24. The van der Waals surface area contributed by atoms with Gasteiger partial charge in [0.15, 0.2) is 0 Å². The Morgan fingerprint density at radius 2 is 2.33 bits per heavy atom. The molecule has 0 aromatic carbocycles. The van der Waals surface area contributed by atoms with Gasteiger partial charge in [-0.1, -0.05) is 0 Å². The first-order valence-corrected chi connectivity index (χ1v) is 4.33. The van der Waals surface area contributed by atoms with Gasteiger partial charge in [-0.2, -0.15) is 12.7 Å². The molecule has 1 N–H and O–H groups in total. The van der Waals surface area contributed by atoms with Crippen LogP contribution >= 0.6 is 0 Å². The lowest BCUT2D eigenvalue weighted by Crippen LogP contribution is -2.39. The van der Waals surface area contributed by atoms with Crippen molar-refractivity contribution in [1.82, 2.24) is 4.31 Å². The second-order valence-electron chi connectivity index (χ2n) is 2.13. The van der Waals surface area contributed by atoms with Crippen molar-refractivity contribution in [2.75, 3.05) is 13.3 Å². The molecule has 70 valence electrons. The van der Waals surface area contributed by atoms with E-state index >= 15 is 0 Å². The Labute approximate surface area is 67.8 Å². The van der Waals surface area contributed by atoms with E-state index in [1.807, 2.05) is 0 Å². The number of carbonyl (C=O) groups is 1. The molecule has 1 atom stereocenters. The van der Waals surface area contributed by atoms with Crippen LogP contribution in [-0.2, 0) is 14.5 Å². The van der Waals surface area contributed by atoms with Crippen LogP contribution in [0.15, 0.2) is 0 Å². The number of carboxylic acid groups (broad SMARTS) is 1. The van der Waals surface area contributed by atoms with E-state index in [4.69, 9.17) is 5.11 Å². The van der Waals surface area contributed by atoms with E-state index in [9.17, 15) is 17.6 Å². The van der Waals surface area contributed by atoms with E-state index < -0.39 is 35.7 Å². The zero-order valence-electron chi connectivity index (χ0n) is 5.81. The number of hydrogen-bond donors (Lipinski definition) is 1. The van der Waals surface area contributed by atoms with Crippen LogP contribution in [0.25, 0.3) is 0 Å². The van der Waals surface area contributed by atoms with Gasteiger partial charge >= 0.3 is 16.4 Å². The molecule has 1 rings (SSSR count). The molecule has 1 aliphatic rings. The summed E-state index contributed by atoms with van der Waals surface area (Å²) in [5.74, 6) is 0. The third-order valence-electron chi connectivity index (χ3n) is 1.35. The molecule has 1 saturated heterocycles. The number of amides is 1. The SMILES string of the molecule is O=C(O)N1[C@H](CF)COS1(=O)=O. The van der Waals surface area contributed by atoms with Gasteiger partial charge in [0.2, 0.25) is 0 Å². The van der Waals surface area contributed by atoms with Gasteiger partial charge in [-0.15, -0.1) is 0 Å². The molecule has 1 fully saturated rings. The Hall–Kier alpha value is -0.890. The summed E-state index contributed by atoms with van der Waals surface area (Å²) >= 11 is 0. The predicted molar refractivity (Wildman–Crippen MR) is 34.5 cm³/mol. The van der Waals surface area contributed by atoms with Crippen molar-refractivity contribution in [2.24, 2.45) is 0 Å². The van der Waals surface area contributed by atoms with Gasteiger partial charge in [0.05, 0.1) is 6.61 Å². The quantitative estimate of drug-likeness (QED) is 0.620. The van der Waals surface area contributed by atoms with Gasteiger partial charge in [-0.3, -0.25) is 4.18 Å². The van der Waals surface area contributed by atoms with Gasteiger partial charge < -0.3 is 5.11 Å². The molecule has 0 saturated carbocycles. The van der Waals surface area contributed by atoms with Crippen LogP contribution in [0.4, 0.5) is 9.18 Å². The third-order valence-corrected chi connectivity index (χ3v) is 2.72. The zero-order valence-corrected chi connectivity index (χ0v) is 6.62. The lowest BCUT2D eigenvalue weighted by atomic mass is 10.3. The van der Waals surface area contributed by atoms with E-state index in [2.05, 4.69) is 4.18 Å². The first-order valence-electron chi connectivity index (χ1n) is 2.96. The van der Waals surface area contributed by atoms with Crippen LogP contribution in [-0.4, -0.2) is 43.2 Å². The van der Waals surface area contributed by atoms with E-state index in [-0.39, 0.29) is 4.31 Å². The summed E-state index contributed by atoms with van der Waals surface area (Å²) in [6.45, 7) is -1.53.